The van der Waals surface area contributed by atoms with Gasteiger partial charge in [0.15, 0.2) is 0 Å². The van der Waals surface area contributed by atoms with Crippen molar-refractivity contribution < 1.29 is 22.7 Å². The molecule has 0 unspecified atom stereocenters. The summed E-state index contributed by atoms with van der Waals surface area (Å²) in [7, 11) is 1.40. The maximum atomic E-state index is 13.1. The molecule has 0 spiro atoms. The van der Waals surface area contributed by atoms with Crippen LogP contribution in [0.4, 0.5) is 18.9 Å². The lowest BCUT2D eigenvalue weighted by Gasteiger charge is -2.13. The van der Waals surface area contributed by atoms with Crippen LogP contribution in [0.5, 0.6) is 5.75 Å². The summed E-state index contributed by atoms with van der Waals surface area (Å²) in [4.78, 5) is 39.6. The summed E-state index contributed by atoms with van der Waals surface area (Å²) in [5.41, 5.74) is -3.81. The van der Waals surface area contributed by atoms with Crippen LogP contribution in [0.15, 0.2) is 64.3 Å². The number of methoxy groups -OCH3 is 1. The summed E-state index contributed by atoms with van der Waals surface area (Å²) in [6.07, 6.45) is -3.84. The quantitative estimate of drug-likeness (QED) is 0.698. The normalized spacial score (nSPS) is 11.2. The molecule has 0 saturated heterocycles. The van der Waals surface area contributed by atoms with Gasteiger partial charge in [-0.25, -0.2) is 9.36 Å². The number of para-hydroxylation sites is 1. The molecule has 0 bridgehead atoms. The fourth-order valence-corrected chi connectivity index (χ4v) is 2.65. The third kappa shape index (κ3) is 4.05. The van der Waals surface area contributed by atoms with Gasteiger partial charge in [0.05, 0.1) is 24.0 Å². The second kappa shape index (κ2) is 7.66. The van der Waals surface area contributed by atoms with Crippen LogP contribution in [-0.4, -0.2) is 22.6 Å². The Hall–Kier alpha value is -3.82. The van der Waals surface area contributed by atoms with Gasteiger partial charge in [-0.15, -0.1) is 0 Å². The smallest absolute Gasteiger partial charge is 0.418 e. The number of anilines is 1. The van der Waals surface area contributed by atoms with Gasteiger partial charge in [-0.1, -0.05) is 18.2 Å². The van der Waals surface area contributed by atoms with E-state index in [4.69, 9.17) is 4.74 Å². The number of alkyl halides is 3. The average Bonchev–Trinajstić information content (AvgIpc) is 2.67. The molecule has 150 valence electrons. The van der Waals surface area contributed by atoms with E-state index in [-0.39, 0.29) is 5.69 Å². The first-order valence-electron chi connectivity index (χ1n) is 8.19. The van der Waals surface area contributed by atoms with Crippen LogP contribution < -0.4 is 21.3 Å². The predicted molar refractivity (Wildman–Crippen MR) is 98.6 cm³/mol. The Labute approximate surface area is 161 Å². The molecule has 0 aliphatic rings. The number of carbonyl (C=O) groups is 1. The van der Waals surface area contributed by atoms with Crippen molar-refractivity contribution in [3.05, 3.63) is 86.7 Å². The zero-order valence-corrected chi connectivity index (χ0v) is 14.9. The van der Waals surface area contributed by atoms with Crippen molar-refractivity contribution in [2.75, 3.05) is 12.4 Å². The average molecular weight is 405 g/mol. The SMILES string of the molecule is COc1cccc(-n2c(=O)[nH]cc(C(=O)Nc3ccccc3C(F)(F)F)c2=O)c1. The number of hydrogen-bond donors (Lipinski definition) is 2. The minimum absolute atomic E-state index is 0.126. The highest BCUT2D eigenvalue weighted by Crippen LogP contribution is 2.34. The zero-order chi connectivity index (χ0) is 21.2. The molecule has 0 atom stereocenters. The number of benzene rings is 2. The van der Waals surface area contributed by atoms with Crippen LogP contribution in [0.25, 0.3) is 5.69 Å². The molecule has 3 rings (SSSR count). The van der Waals surface area contributed by atoms with Gasteiger partial charge in [0.1, 0.15) is 11.3 Å². The molecule has 0 saturated carbocycles. The summed E-state index contributed by atoms with van der Waals surface area (Å²) < 4.78 is 45.1. The number of nitrogens with zero attached hydrogens (tertiary/aromatic N) is 1. The molecular formula is C19H14F3N3O4. The summed E-state index contributed by atoms with van der Waals surface area (Å²) >= 11 is 0. The predicted octanol–water partition coefficient (Wildman–Crippen LogP) is 2.81. The van der Waals surface area contributed by atoms with E-state index < -0.39 is 40.1 Å². The highest BCUT2D eigenvalue weighted by Gasteiger charge is 2.33. The molecular weight excluding hydrogens is 391 g/mol. The van der Waals surface area contributed by atoms with Gasteiger partial charge >= 0.3 is 11.9 Å². The lowest BCUT2D eigenvalue weighted by Crippen LogP contribution is -2.38. The van der Waals surface area contributed by atoms with Crippen LogP contribution in [0.2, 0.25) is 0 Å². The van der Waals surface area contributed by atoms with Gasteiger partial charge in [-0.3, -0.25) is 9.59 Å². The second-order valence-corrected chi connectivity index (χ2v) is 5.85. The number of halogens is 3. The molecule has 2 N–H and O–H groups in total. The molecule has 0 aliphatic heterocycles. The first kappa shape index (κ1) is 19.9. The van der Waals surface area contributed by atoms with Crippen molar-refractivity contribution in [1.82, 2.24) is 9.55 Å². The maximum Gasteiger partial charge on any atom is 0.418 e. The van der Waals surface area contributed by atoms with E-state index in [1.165, 1.54) is 37.4 Å². The summed E-state index contributed by atoms with van der Waals surface area (Å²) in [6, 6.07) is 10.3. The van der Waals surface area contributed by atoms with Crippen LogP contribution >= 0.6 is 0 Å². The van der Waals surface area contributed by atoms with E-state index in [1.807, 2.05) is 0 Å². The van der Waals surface area contributed by atoms with Gasteiger partial charge in [-0.2, -0.15) is 13.2 Å². The largest absolute Gasteiger partial charge is 0.497 e. The Bertz CT molecular complexity index is 1180. The first-order valence-corrected chi connectivity index (χ1v) is 8.19. The standard InChI is InChI=1S/C19H14F3N3O4/c1-29-12-6-4-5-11(9-12)25-17(27)13(10-23-18(25)28)16(26)24-15-8-3-2-7-14(15)19(20,21)22/h2-10H,1H3,(H,23,28)(H,24,26). The van der Waals surface area contributed by atoms with E-state index in [2.05, 4.69) is 10.3 Å². The number of H-pyrrole nitrogens is 1. The minimum Gasteiger partial charge on any atom is -0.497 e. The number of amides is 1. The third-order valence-electron chi connectivity index (χ3n) is 4.01. The summed E-state index contributed by atoms with van der Waals surface area (Å²) in [6.45, 7) is 0. The lowest BCUT2D eigenvalue weighted by molar-refractivity contribution is -0.136. The molecule has 0 aliphatic carbocycles. The number of hydrogen-bond acceptors (Lipinski definition) is 4. The van der Waals surface area contributed by atoms with Gasteiger partial charge in [0.2, 0.25) is 0 Å². The Balaban J connectivity index is 2.04. The Kier molecular flexibility index (Phi) is 5.26. The number of nitrogens with one attached hydrogen (secondary N) is 2. The van der Waals surface area contributed by atoms with Crippen molar-refractivity contribution in [3.63, 3.8) is 0 Å². The maximum absolute atomic E-state index is 13.1. The highest BCUT2D eigenvalue weighted by atomic mass is 19.4. The molecule has 0 fully saturated rings. The van der Waals surface area contributed by atoms with E-state index in [9.17, 15) is 27.6 Å². The zero-order valence-electron chi connectivity index (χ0n) is 14.9. The molecule has 10 heteroatoms. The van der Waals surface area contributed by atoms with Gasteiger partial charge in [0, 0.05) is 12.3 Å². The molecule has 3 aromatic rings. The van der Waals surface area contributed by atoms with Crippen LogP contribution in [0.1, 0.15) is 15.9 Å². The summed E-state index contributed by atoms with van der Waals surface area (Å²) in [5.74, 6) is -0.734. The van der Waals surface area contributed by atoms with Gasteiger partial charge in [0.25, 0.3) is 11.5 Å². The number of aromatic amines is 1. The van der Waals surface area contributed by atoms with Crippen molar-refractivity contribution >= 4 is 11.6 Å². The van der Waals surface area contributed by atoms with Gasteiger partial charge < -0.3 is 15.0 Å². The van der Waals surface area contributed by atoms with E-state index in [1.54, 1.807) is 6.07 Å². The third-order valence-corrected chi connectivity index (χ3v) is 4.01. The molecule has 1 heterocycles. The topological polar surface area (TPSA) is 93.2 Å². The molecule has 29 heavy (non-hydrogen) atoms. The minimum atomic E-state index is -4.70. The number of ether oxygens (including phenoxy) is 1. The van der Waals surface area contributed by atoms with Crippen LogP contribution in [0.3, 0.4) is 0 Å². The van der Waals surface area contributed by atoms with Crippen LogP contribution in [0, 0.1) is 0 Å². The molecule has 2 aromatic carbocycles. The Morgan fingerprint density at radius 1 is 1.10 bits per heavy atom. The van der Waals surface area contributed by atoms with E-state index in [0.29, 0.717) is 10.3 Å². The monoisotopic (exact) mass is 405 g/mol. The van der Waals surface area contributed by atoms with Crippen molar-refractivity contribution in [1.29, 1.82) is 0 Å². The number of aromatic nitrogens is 2. The number of rotatable bonds is 4. The fraction of sp³-hybridized carbons (Fsp3) is 0.105. The van der Waals surface area contributed by atoms with Crippen molar-refractivity contribution in [2.45, 2.75) is 6.18 Å². The first-order chi connectivity index (χ1) is 13.7. The molecule has 0 radical (unpaired) electrons. The van der Waals surface area contributed by atoms with Crippen molar-refractivity contribution in [3.8, 4) is 11.4 Å². The lowest BCUT2D eigenvalue weighted by atomic mass is 10.1. The van der Waals surface area contributed by atoms with Crippen molar-refractivity contribution in [2.24, 2.45) is 0 Å². The van der Waals surface area contributed by atoms with E-state index >= 15 is 0 Å². The fourth-order valence-electron chi connectivity index (χ4n) is 2.65. The molecule has 1 aromatic heterocycles. The molecule has 7 nitrogen and oxygen atoms in total. The van der Waals surface area contributed by atoms with E-state index in [0.717, 1.165) is 18.3 Å². The van der Waals surface area contributed by atoms with Gasteiger partial charge in [-0.05, 0) is 24.3 Å². The highest BCUT2D eigenvalue weighted by molar-refractivity contribution is 6.04. The second-order valence-electron chi connectivity index (χ2n) is 5.85. The Morgan fingerprint density at radius 3 is 2.52 bits per heavy atom. The van der Waals surface area contributed by atoms with Crippen LogP contribution in [-0.2, 0) is 6.18 Å². The Morgan fingerprint density at radius 2 is 1.83 bits per heavy atom. The molecule has 1 amide bonds. The number of carbonyl (C=O) groups excluding carboxylic acids is 1. The summed E-state index contributed by atoms with van der Waals surface area (Å²) in [5, 5.41) is 2.08.